The van der Waals surface area contributed by atoms with Crippen LogP contribution in [-0.2, 0) is 5.41 Å². The van der Waals surface area contributed by atoms with E-state index in [-0.39, 0.29) is 5.41 Å². The number of fused-ring (bicyclic) bond motifs is 9. The quantitative estimate of drug-likeness (QED) is 0.168. The summed E-state index contributed by atoms with van der Waals surface area (Å²) < 4.78 is 8.62. The molecule has 2 heterocycles. The van der Waals surface area contributed by atoms with Crippen molar-refractivity contribution in [2.45, 2.75) is 19.3 Å². The third-order valence-electron chi connectivity index (χ3n) is 12.8. The molecule has 11 aromatic rings. The van der Waals surface area contributed by atoms with Crippen LogP contribution in [0.2, 0.25) is 0 Å². The van der Waals surface area contributed by atoms with Gasteiger partial charge in [-0.1, -0.05) is 141 Å². The molecule has 0 unspecified atom stereocenters. The molecule has 12 rings (SSSR count). The van der Waals surface area contributed by atoms with Crippen LogP contribution in [0, 0.1) is 0 Å². The van der Waals surface area contributed by atoms with Crippen molar-refractivity contribution in [2.75, 3.05) is 4.90 Å². The largest absolute Gasteiger partial charge is 0.456 e. The lowest BCUT2D eigenvalue weighted by Crippen LogP contribution is -2.16. The van der Waals surface area contributed by atoms with E-state index >= 15 is 0 Å². The lowest BCUT2D eigenvalue weighted by Gasteiger charge is -2.28. The van der Waals surface area contributed by atoms with Gasteiger partial charge < -0.3 is 13.9 Å². The predicted octanol–water partition coefficient (Wildman–Crippen LogP) is 15.8. The molecule has 0 spiro atoms. The molecule has 0 N–H and O–H groups in total. The lowest BCUT2D eigenvalue weighted by atomic mass is 9.82. The Morgan fingerprint density at radius 2 is 0.950 bits per heavy atom. The highest BCUT2D eigenvalue weighted by Gasteiger charge is 2.35. The van der Waals surface area contributed by atoms with E-state index in [9.17, 15) is 0 Å². The van der Waals surface area contributed by atoms with Gasteiger partial charge in [-0.15, -0.1) is 0 Å². The normalized spacial score (nSPS) is 13.0. The Bertz CT molecular complexity index is 3440. The molecule has 0 saturated heterocycles. The summed E-state index contributed by atoms with van der Waals surface area (Å²) in [5.41, 5.74) is 18.7. The van der Waals surface area contributed by atoms with E-state index in [1.165, 1.54) is 72.0 Å². The van der Waals surface area contributed by atoms with Gasteiger partial charge in [-0.2, -0.15) is 0 Å². The van der Waals surface area contributed by atoms with Gasteiger partial charge in [-0.25, -0.2) is 0 Å². The average Bonchev–Trinajstić information content (AvgIpc) is 3.92. The second-order valence-electron chi connectivity index (χ2n) is 16.6. The number of hydrogen-bond donors (Lipinski definition) is 0. The second-order valence-corrected chi connectivity index (χ2v) is 16.6. The zero-order valence-electron chi connectivity index (χ0n) is 33.4. The fourth-order valence-electron chi connectivity index (χ4n) is 9.80. The maximum Gasteiger partial charge on any atom is 0.135 e. The van der Waals surface area contributed by atoms with Crippen molar-refractivity contribution < 1.29 is 4.42 Å². The molecule has 3 nitrogen and oxygen atoms in total. The summed E-state index contributed by atoms with van der Waals surface area (Å²) in [6.45, 7) is 4.69. The third kappa shape index (κ3) is 5.29. The van der Waals surface area contributed by atoms with Crippen LogP contribution in [0.25, 0.3) is 82.8 Å². The van der Waals surface area contributed by atoms with Crippen LogP contribution in [0.3, 0.4) is 0 Å². The number of furan rings is 1. The van der Waals surface area contributed by atoms with Crippen LogP contribution >= 0.6 is 0 Å². The smallest absolute Gasteiger partial charge is 0.135 e. The standard InChI is InChI=1S/C57H40N2O/c1-57(2)51-17-9-6-14-45(51)46-31-29-44(36-52(46)57)58(43-30-33-56-50(35-43)48-16-8-11-19-55(48)60-56)42-27-24-38(25-28-42)37-20-22-39(23-21-37)40-26-32-54-49(34-40)47-15-7-10-18-53(47)59(54)41-12-4-3-5-13-41/h3-36H,1-2H3. The van der Waals surface area contributed by atoms with E-state index in [0.717, 1.165) is 39.0 Å². The van der Waals surface area contributed by atoms with Gasteiger partial charge in [-0.3, -0.25) is 0 Å². The fourth-order valence-corrected chi connectivity index (χ4v) is 9.80. The van der Waals surface area contributed by atoms with E-state index in [2.05, 4.69) is 217 Å². The number of anilines is 3. The summed E-state index contributed by atoms with van der Waals surface area (Å²) >= 11 is 0. The van der Waals surface area contributed by atoms with E-state index < -0.39 is 0 Å². The van der Waals surface area contributed by atoms with Gasteiger partial charge in [-0.05, 0) is 123 Å². The van der Waals surface area contributed by atoms with Crippen LogP contribution in [0.4, 0.5) is 17.1 Å². The Labute approximate surface area is 349 Å². The maximum absolute atomic E-state index is 6.26. The van der Waals surface area contributed by atoms with Crippen LogP contribution in [0.15, 0.2) is 211 Å². The fraction of sp³-hybridized carbons (Fsp3) is 0.0526. The molecule has 1 aliphatic rings. The molecule has 0 fully saturated rings. The zero-order valence-corrected chi connectivity index (χ0v) is 33.4. The second kappa shape index (κ2) is 13.2. The van der Waals surface area contributed by atoms with Gasteiger partial charge in [0, 0.05) is 49.7 Å². The molecule has 284 valence electrons. The molecule has 0 atom stereocenters. The Balaban J connectivity index is 0.912. The minimum absolute atomic E-state index is 0.110. The number of benzene rings is 9. The molecule has 2 aromatic heterocycles. The van der Waals surface area contributed by atoms with Gasteiger partial charge in [0.05, 0.1) is 11.0 Å². The molecule has 0 radical (unpaired) electrons. The van der Waals surface area contributed by atoms with E-state index in [0.29, 0.717) is 0 Å². The summed E-state index contributed by atoms with van der Waals surface area (Å²) in [7, 11) is 0. The Hall–Kier alpha value is -7.62. The lowest BCUT2D eigenvalue weighted by molar-refractivity contribution is 0.660. The highest BCUT2D eigenvalue weighted by Crippen LogP contribution is 2.51. The maximum atomic E-state index is 6.26. The molecule has 0 saturated carbocycles. The minimum atomic E-state index is -0.110. The van der Waals surface area contributed by atoms with Gasteiger partial charge >= 0.3 is 0 Å². The van der Waals surface area contributed by atoms with E-state index in [1.54, 1.807) is 0 Å². The Morgan fingerprint density at radius 3 is 1.77 bits per heavy atom. The van der Waals surface area contributed by atoms with Gasteiger partial charge in [0.15, 0.2) is 0 Å². The van der Waals surface area contributed by atoms with Crippen LogP contribution in [0.1, 0.15) is 25.0 Å². The highest BCUT2D eigenvalue weighted by atomic mass is 16.3. The van der Waals surface area contributed by atoms with Gasteiger partial charge in [0.25, 0.3) is 0 Å². The molecule has 3 heteroatoms. The Kier molecular flexibility index (Phi) is 7.58. The summed E-state index contributed by atoms with van der Waals surface area (Å²) in [6, 6.07) is 74.9. The first-order valence-corrected chi connectivity index (χ1v) is 20.7. The van der Waals surface area contributed by atoms with Crippen molar-refractivity contribution in [3.05, 3.63) is 217 Å². The number of hydrogen-bond acceptors (Lipinski definition) is 2. The number of para-hydroxylation sites is 3. The SMILES string of the molecule is CC1(C)c2ccccc2-c2ccc(N(c3ccc(-c4ccc(-c5ccc6c(c5)c5ccccc5n6-c5ccccc5)cc4)cc3)c3ccc4oc5ccccc5c4c3)cc21. The van der Waals surface area contributed by atoms with Crippen LogP contribution in [0.5, 0.6) is 0 Å². The summed E-state index contributed by atoms with van der Waals surface area (Å²) in [5.74, 6) is 0. The topological polar surface area (TPSA) is 21.3 Å². The summed E-state index contributed by atoms with van der Waals surface area (Å²) in [4.78, 5) is 2.39. The van der Waals surface area contributed by atoms with Crippen molar-refractivity contribution in [1.29, 1.82) is 0 Å². The number of nitrogens with zero attached hydrogens (tertiary/aromatic N) is 2. The van der Waals surface area contributed by atoms with Crippen molar-refractivity contribution in [3.8, 4) is 39.1 Å². The molecule has 0 amide bonds. The molecule has 9 aromatic carbocycles. The first-order chi connectivity index (χ1) is 29.5. The van der Waals surface area contributed by atoms with Crippen molar-refractivity contribution in [1.82, 2.24) is 4.57 Å². The first-order valence-electron chi connectivity index (χ1n) is 20.7. The number of aromatic nitrogens is 1. The van der Waals surface area contributed by atoms with Crippen molar-refractivity contribution in [2.24, 2.45) is 0 Å². The van der Waals surface area contributed by atoms with Gasteiger partial charge in [0.2, 0.25) is 0 Å². The molecular formula is C57H40N2O. The zero-order chi connectivity index (χ0) is 40.0. The average molecular weight is 769 g/mol. The van der Waals surface area contributed by atoms with E-state index in [1.807, 2.05) is 12.1 Å². The molecule has 1 aliphatic carbocycles. The molecule has 60 heavy (non-hydrogen) atoms. The van der Waals surface area contributed by atoms with Crippen LogP contribution < -0.4 is 4.90 Å². The number of rotatable bonds is 6. The first kappa shape index (κ1) is 34.4. The molecule has 0 aliphatic heterocycles. The monoisotopic (exact) mass is 768 g/mol. The molecular weight excluding hydrogens is 729 g/mol. The summed E-state index contributed by atoms with van der Waals surface area (Å²) in [6.07, 6.45) is 0. The van der Waals surface area contributed by atoms with E-state index in [4.69, 9.17) is 4.42 Å². The minimum Gasteiger partial charge on any atom is -0.456 e. The Morgan fingerprint density at radius 1 is 0.383 bits per heavy atom. The van der Waals surface area contributed by atoms with Gasteiger partial charge in [0.1, 0.15) is 11.2 Å². The van der Waals surface area contributed by atoms with Crippen molar-refractivity contribution in [3.63, 3.8) is 0 Å². The highest BCUT2D eigenvalue weighted by molar-refractivity contribution is 6.10. The van der Waals surface area contributed by atoms with Crippen LogP contribution in [-0.4, -0.2) is 4.57 Å². The third-order valence-corrected chi connectivity index (χ3v) is 12.8. The molecule has 0 bridgehead atoms. The summed E-state index contributed by atoms with van der Waals surface area (Å²) in [5, 5.41) is 4.75. The van der Waals surface area contributed by atoms with Crippen molar-refractivity contribution >= 4 is 60.8 Å². The predicted molar refractivity (Wildman–Crippen MR) is 251 cm³/mol.